The highest BCUT2D eigenvalue weighted by Crippen LogP contribution is 2.23. The van der Waals surface area contributed by atoms with Crippen molar-refractivity contribution in [3.05, 3.63) is 34.9 Å². The van der Waals surface area contributed by atoms with Gasteiger partial charge in [0, 0.05) is 17.0 Å². The highest BCUT2D eigenvalue weighted by molar-refractivity contribution is 6.30. The van der Waals surface area contributed by atoms with Gasteiger partial charge in [-0.2, -0.15) is 0 Å². The molecule has 88 valence electrons. The van der Waals surface area contributed by atoms with Gasteiger partial charge in [0.25, 0.3) is 0 Å². The summed E-state index contributed by atoms with van der Waals surface area (Å²) in [5, 5.41) is 3.90. The number of halogens is 1. The van der Waals surface area contributed by atoms with Crippen molar-refractivity contribution in [2.24, 2.45) is 0 Å². The Labute approximate surface area is 102 Å². The lowest BCUT2D eigenvalue weighted by atomic mass is 9.84. The SMILES string of the molecule is CC(=O)CNCC(C)(C)c1ccc(Cl)cc1. The Hall–Kier alpha value is -0.860. The molecule has 0 amide bonds. The van der Waals surface area contributed by atoms with Crippen molar-refractivity contribution in [3.63, 3.8) is 0 Å². The fourth-order valence-electron chi connectivity index (χ4n) is 1.55. The summed E-state index contributed by atoms with van der Waals surface area (Å²) in [4.78, 5) is 10.8. The first kappa shape index (κ1) is 13.2. The number of hydrogen-bond acceptors (Lipinski definition) is 2. The molecule has 0 bridgehead atoms. The number of rotatable bonds is 5. The van der Waals surface area contributed by atoms with Crippen LogP contribution in [0.4, 0.5) is 0 Å². The van der Waals surface area contributed by atoms with Crippen LogP contribution >= 0.6 is 11.6 Å². The van der Waals surface area contributed by atoms with Crippen LogP contribution in [-0.4, -0.2) is 18.9 Å². The monoisotopic (exact) mass is 239 g/mol. The first-order valence-corrected chi connectivity index (χ1v) is 5.76. The van der Waals surface area contributed by atoms with Crippen LogP contribution in [-0.2, 0) is 10.2 Å². The average molecular weight is 240 g/mol. The molecule has 0 aromatic heterocycles. The summed E-state index contributed by atoms with van der Waals surface area (Å²) >= 11 is 5.85. The average Bonchev–Trinajstić information content (AvgIpc) is 2.17. The summed E-state index contributed by atoms with van der Waals surface area (Å²) < 4.78 is 0. The number of carbonyl (C=O) groups excluding carboxylic acids is 1. The third-order valence-electron chi connectivity index (χ3n) is 2.57. The molecule has 1 rings (SSSR count). The van der Waals surface area contributed by atoms with Gasteiger partial charge >= 0.3 is 0 Å². The molecule has 0 heterocycles. The standard InChI is InChI=1S/C13H18ClNO/c1-10(16)8-15-9-13(2,3)11-4-6-12(14)7-5-11/h4-7,15H,8-9H2,1-3H3. The highest BCUT2D eigenvalue weighted by Gasteiger charge is 2.19. The largest absolute Gasteiger partial charge is 0.309 e. The molecule has 0 spiro atoms. The number of Topliss-reactive ketones (excluding diaryl/α,β-unsaturated/α-hetero) is 1. The number of carbonyl (C=O) groups is 1. The highest BCUT2D eigenvalue weighted by atomic mass is 35.5. The van der Waals surface area contributed by atoms with Gasteiger partial charge < -0.3 is 5.32 Å². The zero-order valence-corrected chi connectivity index (χ0v) is 10.8. The number of hydrogen-bond donors (Lipinski definition) is 1. The Morgan fingerprint density at radius 1 is 1.31 bits per heavy atom. The molecule has 1 N–H and O–H groups in total. The summed E-state index contributed by atoms with van der Waals surface area (Å²) in [6.45, 7) is 7.07. The molecule has 0 unspecified atom stereocenters. The topological polar surface area (TPSA) is 29.1 Å². The number of benzene rings is 1. The zero-order chi connectivity index (χ0) is 12.2. The zero-order valence-electron chi connectivity index (χ0n) is 10.0. The molecule has 0 saturated heterocycles. The molecule has 0 saturated carbocycles. The van der Waals surface area contributed by atoms with Crippen LogP contribution in [0.25, 0.3) is 0 Å². The van der Waals surface area contributed by atoms with Crippen molar-refractivity contribution < 1.29 is 4.79 Å². The molecule has 0 fully saturated rings. The van der Waals surface area contributed by atoms with E-state index in [2.05, 4.69) is 19.2 Å². The van der Waals surface area contributed by atoms with E-state index < -0.39 is 0 Å². The van der Waals surface area contributed by atoms with Gasteiger partial charge in [0.1, 0.15) is 5.78 Å². The van der Waals surface area contributed by atoms with Crippen LogP contribution in [0.1, 0.15) is 26.3 Å². The fraction of sp³-hybridized carbons (Fsp3) is 0.462. The minimum atomic E-state index is 0.0000386. The maximum atomic E-state index is 10.8. The van der Waals surface area contributed by atoms with Crippen LogP contribution in [0.5, 0.6) is 0 Å². The van der Waals surface area contributed by atoms with Crippen molar-refractivity contribution in [1.29, 1.82) is 0 Å². The maximum Gasteiger partial charge on any atom is 0.143 e. The van der Waals surface area contributed by atoms with Crippen molar-refractivity contribution in [2.75, 3.05) is 13.1 Å². The summed E-state index contributed by atoms with van der Waals surface area (Å²) in [5.74, 6) is 0.159. The summed E-state index contributed by atoms with van der Waals surface area (Å²) in [6, 6.07) is 7.84. The van der Waals surface area contributed by atoms with Crippen molar-refractivity contribution in [1.82, 2.24) is 5.32 Å². The van der Waals surface area contributed by atoms with Crippen LogP contribution in [0.2, 0.25) is 5.02 Å². The van der Waals surface area contributed by atoms with Crippen LogP contribution in [0, 0.1) is 0 Å². The molecule has 16 heavy (non-hydrogen) atoms. The second-order valence-electron chi connectivity index (χ2n) is 4.70. The van der Waals surface area contributed by atoms with E-state index in [1.165, 1.54) is 5.56 Å². The lowest BCUT2D eigenvalue weighted by Gasteiger charge is -2.25. The smallest absolute Gasteiger partial charge is 0.143 e. The Balaban J connectivity index is 2.62. The molecule has 3 heteroatoms. The van der Waals surface area contributed by atoms with Crippen molar-refractivity contribution in [2.45, 2.75) is 26.2 Å². The minimum Gasteiger partial charge on any atom is -0.309 e. The van der Waals surface area contributed by atoms with Gasteiger partial charge in [-0.1, -0.05) is 37.6 Å². The van der Waals surface area contributed by atoms with Gasteiger partial charge in [0.05, 0.1) is 6.54 Å². The van der Waals surface area contributed by atoms with Gasteiger partial charge in [-0.05, 0) is 24.6 Å². The molecule has 0 atom stereocenters. The lowest BCUT2D eigenvalue weighted by Crippen LogP contribution is -2.35. The van der Waals surface area contributed by atoms with E-state index in [0.717, 1.165) is 11.6 Å². The first-order chi connectivity index (χ1) is 7.42. The molecule has 2 nitrogen and oxygen atoms in total. The quantitative estimate of drug-likeness (QED) is 0.856. The molecule has 0 radical (unpaired) electrons. The van der Waals surface area contributed by atoms with Crippen LogP contribution < -0.4 is 5.32 Å². The van der Waals surface area contributed by atoms with Crippen molar-refractivity contribution in [3.8, 4) is 0 Å². The lowest BCUT2D eigenvalue weighted by molar-refractivity contribution is -0.116. The van der Waals surface area contributed by atoms with Crippen molar-refractivity contribution >= 4 is 17.4 Å². The van der Waals surface area contributed by atoms with E-state index in [9.17, 15) is 4.79 Å². The Bertz CT molecular complexity index is 357. The van der Waals surface area contributed by atoms with Crippen LogP contribution in [0.3, 0.4) is 0 Å². The van der Waals surface area contributed by atoms with E-state index in [1.807, 2.05) is 24.3 Å². The van der Waals surface area contributed by atoms with Gasteiger partial charge in [-0.25, -0.2) is 0 Å². The third kappa shape index (κ3) is 3.95. The Morgan fingerprint density at radius 2 is 1.88 bits per heavy atom. The van der Waals surface area contributed by atoms with Crippen LogP contribution in [0.15, 0.2) is 24.3 Å². The fourth-order valence-corrected chi connectivity index (χ4v) is 1.68. The molecular weight excluding hydrogens is 222 g/mol. The van der Waals surface area contributed by atoms with E-state index in [4.69, 9.17) is 11.6 Å². The predicted molar refractivity (Wildman–Crippen MR) is 68.0 cm³/mol. The van der Waals surface area contributed by atoms with Gasteiger partial charge in [0.2, 0.25) is 0 Å². The van der Waals surface area contributed by atoms with E-state index in [1.54, 1.807) is 6.92 Å². The third-order valence-corrected chi connectivity index (χ3v) is 2.82. The maximum absolute atomic E-state index is 10.8. The van der Waals surface area contributed by atoms with Gasteiger partial charge in [-0.3, -0.25) is 4.79 Å². The minimum absolute atomic E-state index is 0.0000386. The number of ketones is 1. The second-order valence-corrected chi connectivity index (χ2v) is 5.13. The van der Waals surface area contributed by atoms with E-state index >= 15 is 0 Å². The molecule has 1 aromatic rings. The predicted octanol–water partition coefficient (Wildman–Crippen LogP) is 2.80. The van der Waals surface area contributed by atoms with E-state index in [-0.39, 0.29) is 11.2 Å². The second kappa shape index (κ2) is 5.46. The molecular formula is C13H18ClNO. The number of nitrogens with one attached hydrogen (secondary N) is 1. The summed E-state index contributed by atoms with van der Waals surface area (Å²) in [6.07, 6.45) is 0. The van der Waals surface area contributed by atoms with Gasteiger partial charge in [0.15, 0.2) is 0 Å². The molecule has 0 aliphatic heterocycles. The molecule has 0 aliphatic carbocycles. The van der Waals surface area contributed by atoms with E-state index in [0.29, 0.717) is 6.54 Å². The Kier molecular flexibility index (Phi) is 4.51. The molecule has 1 aromatic carbocycles. The normalized spacial score (nSPS) is 11.5. The molecule has 0 aliphatic rings. The van der Waals surface area contributed by atoms with Gasteiger partial charge in [-0.15, -0.1) is 0 Å². The summed E-state index contributed by atoms with van der Waals surface area (Å²) in [7, 11) is 0. The Morgan fingerprint density at radius 3 is 2.38 bits per heavy atom. The first-order valence-electron chi connectivity index (χ1n) is 5.38. The summed E-state index contributed by atoms with van der Waals surface area (Å²) in [5.41, 5.74) is 1.22.